The molecule has 2 saturated heterocycles. The van der Waals surface area contributed by atoms with Gasteiger partial charge in [-0.15, -0.1) is 0 Å². The number of carbonyl (C=O) groups is 3. The molecule has 4 heterocycles. The van der Waals surface area contributed by atoms with Crippen molar-refractivity contribution in [1.82, 2.24) is 15.2 Å². The van der Waals surface area contributed by atoms with Crippen LogP contribution in [0.1, 0.15) is 16.7 Å². The summed E-state index contributed by atoms with van der Waals surface area (Å²) in [4.78, 5) is 46.0. The average Bonchev–Trinajstić information content (AvgIpc) is 3.61. The van der Waals surface area contributed by atoms with Gasteiger partial charge in [-0.25, -0.2) is 4.39 Å². The van der Waals surface area contributed by atoms with Crippen molar-refractivity contribution < 1.29 is 18.8 Å². The number of fused-ring (bicyclic) bond motifs is 5. The zero-order valence-electron chi connectivity index (χ0n) is 19.7. The van der Waals surface area contributed by atoms with Crippen molar-refractivity contribution in [3.8, 4) is 0 Å². The third-order valence-corrected chi connectivity index (χ3v) is 8.07. The number of amides is 3. The maximum absolute atomic E-state index is 14.5. The summed E-state index contributed by atoms with van der Waals surface area (Å²) < 4.78 is 14.5. The Hall–Kier alpha value is -4.30. The lowest BCUT2D eigenvalue weighted by Gasteiger charge is -2.29. The minimum Gasteiger partial charge on any atom is -0.361 e. The second-order valence-corrected chi connectivity index (χ2v) is 10.0. The monoisotopic (exact) mass is 494 g/mol. The number of benzene rings is 3. The first-order valence-corrected chi connectivity index (χ1v) is 12.3. The van der Waals surface area contributed by atoms with Crippen LogP contribution >= 0.6 is 0 Å². The molecule has 3 N–H and O–H groups in total. The van der Waals surface area contributed by atoms with Gasteiger partial charge >= 0.3 is 0 Å². The van der Waals surface area contributed by atoms with Crippen molar-refractivity contribution in [3.63, 3.8) is 0 Å². The van der Waals surface area contributed by atoms with E-state index in [2.05, 4.69) is 15.6 Å². The van der Waals surface area contributed by atoms with E-state index in [-0.39, 0.29) is 12.5 Å². The van der Waals surface area contributed by atoms with E-state index in [1.54, 1.807) is 0 Å². The molecule has 0 aliphatic carbocycles. The number of rotatable bonds is 4. The predicted molar refractivity (Wildman–Crippen MR) is 135 cm³/mol. The third kappa shape index (κ3) is 3.05. The molecule has 3 aliphatic heterocycles. The molecular weight excluding hydrogens is 471 g/mol. The first-order chi connectivity index (χ1) is 18.0. The number of para-hydroxylation sites is 1. The molecule has 3 amide bonds. The van der Waals surface area contributed by atoms with Crippen LogP contribution in [0.2, 0.25) is 0 Å². The SMILES string of the molecule is O=C1[C@H]2C(Cc3c[nH]c4ccccc34)NC3(C(=O)Nc4ccc(F)cc43)[C@H]2C(=O)N1Cc1ccccc1. The van der Waals surface area contributed by atoms with Crippen LogP contribution in [-0.4, -0.2) is 33.6 Å². The summed E-state index contributed by atoms with van der Waals surface area (Å²) in [6.45, 7) is 0.124. The molecule has 3 aliphatic rings. The second-order valence-electron chi connectivity index (χ2n) is 10.0. The maximum Gasteiger partial charge on any atom is 0.250 e. The van der Waals surface area contributed by atoms with Gasteiger partial charge in [0.2, 0.25) is 17.7 Å². The molecule has 4 aromatic rings. The van der Waals surface area contributed by atoms with Crippen molar-refractivity contribution in [2.45, 2.75) is 24.5 Å². The van der Waals surface area contributed by atoms with Gasteiger partial charge in [-0.2, -0.15) is 0 Å². The fourth-order valence-corrected chi connectivity index (χ4v) is 6.47. The average molecular weight is 495 g/mol. The summed E-state index contributed by atoms with van der Waals surface area (Å²) in [6.07, 6.45) is 2.32. The molecule has 0 radical (unpaired) electrons. The second kappa shape index (κ2) is 7.85. The van der Waals surface area contributed by atoms with E-state index in [0.717, 1.165) is 22.0 Å². The first-order valence-electron chi connectivity index (χ1n) is 12.3. The van der Waals surface area contributed by atoms with Crippen LogP contribution in [-0.2, 0) is 32.9 Å². The lowest BCUT2D eigenvalue weighted by molar-refractivity contribution is -0.143. The Morgan fingerprint density at radius 1 is 0.919 bits per heavy atom. The Labute approximate surface area is 211 Å². The molecule has 1 spiro atoms. The van der Waals surface area contributed by atoms with Crippen LogP contribution < -0.4 is 10.6 Å². The highest BCUT2D eigenvalue weighted by molar-refractivity contribution is 6.15. The lowest BCUT2D eigenvalue weighted by atomic mass is 9.76. The number of aromatic nitrogens is 1. The summed E-state index contributed by atoms with van der Waals surface area (Å²) in [5.41, 5.74) is 2.05. The number of hydrogen-bond acceptors (Lipinski definition) is 4. The molecular formula is C29H23FN4O3. The van der Waals surface area contributed by atoms with Gasteiger partial charge < -0.3 is 10.3 Å². The number of nitrogens with zero attached hydrogens (tertiary/aromatic N) is 1. The minimum absolute atomic E-state index is 0.124. The van der Waals surface area contributed by atoms with Crippen LogP contribution in [0, 0.1) is 17.7 Å². The molecule has 2 unspecified atom stereocenters. The van der Waals surface area contributed by atoms with E-state index >= 15 is 0 Å². The Morgan fingerprint density at radius 2 is 1.70 bits per heavy atom. The molecule has 2 fully saturated rings. The zero-order chi connectivity index (χ0) is 25.3. The summed E-state index contributed by atoms with van der Waals surface area (Å²) in [7, 11) is 0. The number of halogens is 1. The Bertz CT molecular complexity index is 1600. The number of likely N-dealkylation sites (tertiary alicyclic amines) is 1. The van der Waals surface area contributed by atoms with Gasteiger partial charge in [0.15, 0.2) is 0 Å². The Morgan fingerprint density at radius 3 is 2.54 bits per heavy atom. The summed E-state index contributed by atoms with van der Waals surface area (Å²) in [6, 6.07) is 20.7. The summed E-state index contributed by atoms with van der Waals surface area (Å²) in [5.74, 6) is -3.43. The van der Waals surface area contributed by atoms with E-state index in [9.17, 15) is 18.8 Å². The first kappa shape index (κ1) is 21.9. The standard InChI is InChI=1S/C29H23FN4O3/c30-18-10-11-22-20(13-18)29(28(37)32-22)25-24(26(35)34(27(25)36)15-16-6-2-1-3-7-16)23(33-29)12-17-14-31-21-9-5-4-8-19(17)21/h1-11,13-14,23-25,31,33H,12,15H2,(H,32,37)/t23?,24-,25+,29?/m0/s1. The Kier molecular flexibility index (Phi) is 4.65. The van der Waals surface area contributed by atoms with Gasteiger partial charge in [0, 0.05) is 34.4 Å². The van der Waals surface area contributed by atoms with E-state index in [0.29, 0.717) is 17.7 Å². The number of carbonyl (C=O) groups excluding carboxylic acids is 3. The van der Waals surface area contributed by atoms with Crippen LogP contribution in [0.4, 0.5) is 10.1 Å². The highest BCUT2D eigenvalue weighted by Crippen LogP contribution is 2.53. The number of anilines is 1. The highest BCUT2D eigenvalue weighted by atomic mass is 19.1. The Balaban J connectivity index is 1.35. The smallest absolute Gasteiger partial charge is 0.250 e. The van der Waals surface area contributed by atoms with Gasteiger partial charge in [0.25, 0.3) is 0 Å². The molecule has 37 heavy (non-hydrogen) atoms. The number of H-pyrrole nitrogens is 1. The van der Waals surface area contributed by atoms with Gasteiger partial charge in [-0.3, -0.25) is 24.6 Å². The fourth-order valence-electron chi connectivity index (χ4n) is 6.47. The van der Waals surface area contributed by atoms with Crippen molar-refractivity contribution in [1.29, 1.82) is 0 Å². The van der Waals surface area contributed by atoms with Crippen molar-refractivity contribution in [2.24, 2.45) is 11.8 Å². The zero-order valence-corrected chi connectivity index (χ0v) is 19.7. The van der Waals surface area contributed by atoms with Crippen LogP contribution in [0.3, 0.4) is 0 Å². The molecule has 0 bridgehead atoms. The topological polar surface area (TPSA) is 94.3 Å². The fraction of sp³-hybridized carbons (Fsp3) is 0.207. The number of aromatic amines is 1. The number of hydrogen-bond donors (Lipinski definition) is 3. The van der Waals surface area contributed by atoms with E-state index in [1.807, 2.05) is 60.8 Å². The normalized spacial score (nSPS) is 26.2. The largest absolute Gasteiger partial charge is 0.361 e. The molecule has 8 heteroatoms. The predicted octanol–water partition coefficient (Wildman–Crippen LogP) is 3.47. The van der Waals surface area contributed by atoms with Crippen molar-refractivity contribution in [2.75, 3.05) is 5.32 Å². The number of imide groups is 1. The number of nitrogens with one attached hydrogen (secondary N) is 3. The summed E-state index contributed by atoms with van der Waals surface area (Å²) in [5, 5.41) is 7.23. The van der Waals surface area contributed by atoms with Gasteiger partial charge in [-0.1, -0.05) is 48.5 Å². The van der Waals surface area contributed by atoms with E-state index in [1.165, 1.54) is 23.1 Å². The molecule has 0 saturated carbocycles. The van der Waals surface area contributed by atoms with Crippen LogP contribution in [0.15, 0.2) is 79.0 Å². The lowest BCUT2D eigenvalue weighted by Crippen LogP contribution is -2.53. The molecule has 7 rings (SSSR count). The van der Waals surface area contributed by atoms with E-state index < -0.39 is 41.0 Å². The van der Waals surface area contributed by atoms with Crippen LogP contribution in [0.25, 0.3) is 10.9 Å². The van der Waals surface area contributed by atoms with Crippen molar-refractivity contribution >= 4 is 34.3 Å². The van der Waals surface area contributed by atoms with Crippen LogP contribution in [0.5, 0.6) is 0 Å². The molecule has 1 aromatic heterocycles. The van der Waals surface area contributed by atoms with Gasteiger partial charge in [-0.05, 0) is 41.8 Å². The summed E-state index contributed by atoms with van der Waals surface area (Å²) >= 11 is 0. The van der Waals surface area contributed by atoms with Gasteiger partial charge in [0.05, 0.1) is 18.4 Å². The minimum atomic E-state index is -1.53. The molecule has 4 atom stereocenters. The molecule has 184 valence electrons. The van der Waals surface area contributed by atoms with E-state index in [4.69, 9.17) is 0 Å². The third-order valence-electron chi connectivity index (χ3n) is 8.07. The maximum atomic E-state index is 14.5. The molecule has 7 nitrogen and oxygen atoms in total. The van der Waals surface area contributed by atoms with Gasteiger partial charge in [0.1, 0.15) is 11.4 Å². The highest BCUT2D eigenvalue weighted by Gasteiger charge is 2.70. The molecule has 3 aromatic carbocycles. The van der Waals surface area contributed by atoms with Crippen molar-refractivity contribution in [3.05, 3.63) is 102 Å². The quantitative estimate of drug-likeness (QED) is 0.379.